The van der Waals surface area contributed by atoms with Crippen LogP contribution in [0.2, 0.25) is 0 Å². The van der Waals surface area contributed by atoms with Crippen molar-refractivity contribution in [1.82, 2.24) is 0 Å². The highest BCUT2D eigenvalue weighted by Crippen LogP contribution is 2.08. The van der Waals surface area contributed by atoms with E-state index in [9.17, 15) is 14.4 Å². The molecule has 0 amide bonds. The maximum absolute atomic E-state index is 11.0. The molecule has 0 spiro atoms. The summed E-state index contributed by atoms with van der Waals surface area (Å²) in [6.45, 7) is 5.10. The summed E-state index contributed by atoms with van der Waals surface area (Å²) < 4.78 is 4.81. The van der Waals surface area contributed by atoms with Crippen LogP contribution < -0.4 is 0 Å². The summed E-state index contributed by atoms with van der Waals surface area (Å²) in [6.07, 6.45) is 1.67. The molecule has 0 aromatic carbocycles. The minimum atomic E-state index is -1.29. The summed E-state index contributed by atoms with van der Waals surface area (Å²) in [5.74, 6) is -3.04. The standard InChI is InChI=1S/C12H16O6/c1-8(2)12(17)18-6-4-3-5-9(11(15)16)7-10(13)14/h7H,1,3-6H2,2H3,(H,13,14)(H,15,16)/b9-7-. The van der Waals surface area contributed by atoms with E-state index < -0.39 is 17.9 Å². The molecule has 0 saturated carbocycles. The second-order valence-electron chi connectivity index (χ2n) is 3.69. The Morgan fingerprint density at radius 3 is 2.28 bits per heavy atom. The van der Waals surface area contributed by atoms with E-state index in [1.807, 2.05) is 0 Å². The lowest BCUT2D eigenvalue weighted by Crippen LogP contribution is -2.07. The van der Waals surface area contributed by atoms with E-state index in [-0.39, 0.29) is 18.6 Å². The van der Waals surface area contributed by atoms with E-state index in [1.165, 1.54) is 6.92 Å². The van der Waals surface area contributed by atoms with Crippen molar-refractivity contribution in [1.29, 1.82) is 0 Å². The zero-order valence-electron chi connectivity index (χ0n) is 10.1. The number of esters is 1. The van der Waals surface area contributed by atoms with Crippen LogP contribution in [0, 0.1) is 0 Å². The van der Waals surface area contributed by atoms with Crippen molar-refractivity contribution >= 4 is 17.9 Å². The Morgan fingerprint density at radius 1 is 1.22 bits per heavy atom. The summed E-state index contributed by atoms with van der Waals surface area (Å²) in [6, 6.07) is 0. The fraction of sp³-hybridized carbons (Fsp3) is 0.417. The Hall–Kier alpha value is -2.11. The van der Waals surface area contributed by atoms with Gasteiger partial charge < -0.3 is 14.9 Å². The Labute approximate surface area is 105 Å². The SMILES string of the molecule is C=C(C)C(=O)OCCCC/C(=C/C(=O)O)C(=O)O. The molecule has 0 aliphatic heterocycles. The molecule has 0 aliphatic rings. The van der Waals surface area contributed by atoms with Crippen LogP contribution in [-0.2, 0) is 19.1 Å². The highest BCUT2D eigenvalue weighted by Gasteiger charge is 2.09. The first-order valence-electron chi connectivity index (χ1n) is 5.34. The number of rotatable bonds is 8. The molecule has 0 rings (SSSR count). The fourth-order valence-corrected chi connectivity index (χ4v) is 1.10. The largest absolute Gasteiger partial charge is 0.478 e. The topological polar surface area (TPSA) is 101 Å². The lowest BCUT2D eigenvalue weighted by Gasteiger charge is -2.04. The van der Waals surface area contributed by atoms with Crippen molar-refractivity contribution in [3.8, 4) is 0 Å². The zero-order chi connectivity index (χ0) is 14.1. The molecule has 0 fully saturated rings. The molecule has 6 heteroatoms. The molecular weight excluding hydrogens is 240 g/mol. The monoisotopic (exact) mass is 256 g/mol. The van der Waals surface area contributed by atoms with Crippen LogP contribution in [0.5, 0.6) is 0 Å². The van der Waals surface area contributed by atoms with Gasteiger partial charge in [0.25, 0.3) is 0 Å². The summed E-state index contributed by atoms with van der Waals surface area (Å²) >= 11 is 0. The Morgan fingerprint density at radius 2 is 1.83 bits per heavy atom. The molecule has 0 atom stereocenters. The molecule has 18 heavy (non-hydrogen) atoms. The van der Waals surface area contributed by atoms with Crippen LogP contribution in [0.25, 0.3) is 0 Å². The minimum absolute atomic E-state index is 0.117. The van der Waals surface area contributed by atoms with Gasteiger partial charge in [-0.1, -0.05) is 6.58 Å². The molecule has 0 unspecified atom stereocenters. The molecule has 0 aliphatic carbocycles. The molecule has 0 heterocycles. The molecule has 0 radical (unpaired) electrons. The average Bonchev–Trinajstić information content (AvgIpc) is 2.25. The predicted octanol–water partition coefficient (Wildman–Crippen LogP) is 1.37. The number of unbranched alkanes of at least 4 members (excludes halogenated alkanes) is 1. The molecule has 0 aromatic heterocycles. The van der Waals surface area contributed by atoms with Crippen LogP contribution in [0.3, 0.4) is 0 Å². The molecule has 0 aromatic rings. The van der Waals surface area contributed by atoms with Gasteiger partial charge in [0.15, 0.2) is 0 Å². The number of aliphatic carboxylic acids is 2. The average molecular weight is 256 g/mol. The Balaban J connectivity index is 3.96. The van der Waals surface area contributed by atoms with E-state index in [0.29, 0.717) is 24.5 Å². The summed E-state index contributed by atoms with van der Waals surface area (Å²) in [5.41, 5.74) is 0.126. The van der Waals surface area contributed by atoms with Crippen molar-refractivity contribution in [2.45, 2.75) is 26.2 Å². The Bertz CT molecular complexity index is 380. The quantitative estimate of drug-likeness (QED) is 0.386. The van der Waals surface area contributed by atoms with Crippen molar-refractivity contribution in [3.63, 3.8) is 0 Å². The second-order valence-corrected chi connectivity index (χ2v) is 3.69. The first kappa shape index (κ1) is 15.9. The smallest absolute Gasteiger partial charge is 0.333 e. The summed E-state index contributed by atoms with van der Waals surface area (Å²) in [7, 11) is 0. The third-order valence-corrected chi connectivity index (χ3v) is 1.99. The molecule has 0 bridgehead atoms. The fourth-order valence-electron chi connectivity index (χ4n) is 1.10. The third-order valence-electron chi connectivity index (χ3n) is 1.99. The van der Waals surface area contributed by atoms with Gasteiger partial charge in [0, 0.05) is 17.2 Å². The molecule has 6 nitrogen and oxygen atoms in total. The number of carbonyl (C=O) groups is 3. The maximum atomic E-state index is 11.0. The van der Waals surface area contributed by atoms with Gasteiger partial charge in [0.05, 0.1) is 6.61 Å². The number of carboxylic acid groups (broad SMARTS) is 2. The number of ether oxygens (including phenoxy) is 1. The van der Waals surface area contributed by atoms with E-state index in [2.05, 4.69) is 6.58 Å². The molecule has 100 valence electrons. The van der Waals surface area contributed by atoms with Gasteiger partial charge in [-0.05, 0) is 26.2 Å². The van der Waals surface area contributed by atoms with Crippen molar-refractivity contribution < 1.29 is 29.3 Å². The van der Waals surface area contributed by atoms with Crippen LogP contribution in [0.1, 0.15) is 26.2 Å². The van der Waals surface area contributed by atoms with Gasteiger partial charge in [-0.2, -0.15) is 0 Å². The highest BCUT2D eigenvalue weighted by atomic mass is 16.5. The van der Waals surface area contributed by atoms with Crippen LogP contribution in [-0.4, -0.2) is 34.7 Å². The number of carbonyl (C=O) groups excluding carboxylic acids is 1. The van der Waals surface area contributed by atoms with Crippen LogP contribution in [0.15, 0.2) is 23.8 Å². The lowest BCUT2D eigenvalue weighted by molar-refractivity contribution is -0.139. The van der Waals surface area contributed by atoms with Gasteiger partial charge in [-0.15, -0.1) is 0 Å². The van der Waals surface area contributed by atoms with Gasteiger partial charge in [-0.3, -0.25) is 0 Å². The molecular formula is C12H16O6. The van der Waals surface area contributed by atoms with Gasteiger partial charge in [-0.25, -0.2) is 14.4 Å². The van der Waals surface area contributed by atoms with Gasteiger partial charge in [0.1, 0.15) is 0 Å². The number of hydrogen-bond donors (Lipinski definition) is 2. The van der Waals surface area contributed by atoms with E-state index in [1.54, 1.807) is 0 Å². The normalized spacial score (nSPS) is 10.8. The Kier molecular flexibility index (Phi) is 7.11. The van der Waals surface area contributed by atoms with E-state index in [4.69, 9.17) is 14.9 Å². The predicted molar refractivity (Wildman–Crippen MR) is 63.0 cm³/mol. The summed E-state index contributed by atoms with van der Waals surface area (Å²) in [5, 5.41) is 17.2. The highest BCUT2D eigenvalue weighted by molar-refractivity contribution is 5.94. The number of hydrogen-bond acceptors (Lipinski definition) is 4. The second kappa shape index (κ2) is 8.05. The van der Waals surface area contributed by atoms with Crippen molar-refractivity contribution in [3.05, 3.63) is 23.8 Å². The lowest BCUT2D eigenvalue weighted by atomic mass is 10.1. The zero-order valence-corrected chi connectivity index (χ0v) is 10.1. The van der Waals surface area contributed by atoms with Crippen LogP contribution in [0.4, 0.5) is 0 Å². The maximum Gasteiger partial charge on any atom is 0.333 e. The van der Waals surface area contributed by atoms with E-state index in [0.717, 1.165) is 0 Å². The molecule has 0 saturated heterocycles. The third kappa shape index (κ3) is 7.21. The minimum Gasteiger partial charge on any atom is -0.478 e. The first-order chi connectivity index (χ1) is 8.34. The van der Waals surface area contributed by atoms with Crippen molar-refractivity contribution in [2.75, 3.05) is 6.61 Å². The summed E-state index contributed by atoms with van der Waals surface area (Å²) in [4.78, 5) is 32.0. The van der Waals surface area contributed by atoms with Gasteiger partial charge >= 0.3 is 17.9 Å². The van der Waals surface area contributed by atoms with Crippen LogP contribution >= 0.6 is 0 Å². The first-order valence-corrected chi connectivity index (χ1v) is 5.34. The van der Waals surface area contributed by atoms with E-state index >= 15 is 0 Å². The number of carboxylic acids is 2. The van der Waals surface area contributed by atoms with Crippen molar-refractivity contribution in [2.24, 2.45) is 0 Å². The molecule has 2 N–H and O–H groups in total. The van der Waals surface area contributed by atoms with Gasteiger partial charge in [0.2, 0.25) is 0 Å².